The van der Waals surface area contributed by atoms with Gasteiger partial charge in [-0.15, -0.1) is 0 Å². The van der Waals surface area contributed by atoms with Crippen LogP contribution >= 0.6 is 0 Å². The summed E-state index contributed by atoms with van der Waals surface area (Å²) in [6.07, 6.45) is 2.18. The third kappa shape index (κ3) is 2.99. The van der Waals surface area contributed by atoms with Gasteiger partial charge >= 0.3 is 5.97 Å². The predicted molar refractivity (Wildman–Crippen MR) is 80.0 cm³/mol. The lowest BCUT2D eigenvalue weighted by atomic mass is 10.0. The first-order valence-electron chi connectivity index (χ1n) is 7.84. The maximum Gasteiger partial charge on any atom is 0.307 e. The Bertz CT molecular complexity index is 559. The number of nitrogens with zero attached hydrogens (tertiary/aromatic N) is 1. The minimum absolute atomic E-state index is 0.0118. The molecule has 1 aromatic carbocycles. The molecule has 0 aromatic heterocycles. The maximum absolute atomic E-state index is 12.4. The van der Waals surface area contributed by atoms with E-state index in [4.69, 9.17) is 5.11 Å². The lowest BCUT2D eigenvalue weighted by Crippen LogP contribution is -2.38. The van der Waals surface area contributed by atoms with E-state index >= 15 is 0 Å². The number of likely N-dealkylation sites (tertiary alicyclic amines) is 1. The van der Waals surface area contributed by atoms with Gasteiger partial charge in [0.25, 0.3) is 0 Å². The molecule has 1 saturated heterocycles. The molecule has 1 amide bonds. The van der Waals surface area contributed by atoms with Gasteiger partial charge in [0.1, 0.15) is 0 Å². The van der Waals surface area contributed by atoms with Crippen LogP contribution in [0, 0.1) is 11.8 Å². The highest BCUT2D eigenvalue weighted by Gasteiger charge is 2.51. The zero-order valence-corrected chi connectivity index (χ0v) is 12.4. The number of aliphatic hydroxyl groups excluding tert-OH is 1. The fourth-order valence-corrected chi connectivity index (χ4v) is 3.39. The second-order valence-corrected chi connectivity index (χ2v) is 6.28. The van der Waals surface area contributed by atoms with Crippen molar-refractivity contribution in [1.82, 2.24) is 4.90 Å². The van der Waals surface area contributed by atoms with Crippen molar-refractivity contribution in [3.8, 4) is 0 Å². The van der Waals surface area contributed by atoms with Gasteiger partial charge in [-0.2, -0.15) is 0 Å². The first-order chi connectivity index (χ1) is 10.6. The van der Waals surface area contributed by atoms with E-state index in [-0.39, 0.29) is 17.9 Å². The molecule has 5 nitrogen and oxygen atoms in total. The van der Waals surface area contributed by atoms with Crippen LogP contribution in [-0.4, -0.2) is 39.6 Å². The molecule has 3 rings (SSSR count). The fraction of sp³-hybridized carbons (Fsp3) is 0.529. The molecule has 22 heavy (non-hydrogen) atoms. The topological polar surface area (TPSA) is 77.8 Å². The van der Waals surface area contributed by atoms with Crippen molar-refractivity contribution in [2.24, 2.45) is 11.8 Å². The van der Waals surface area contributed by atoms with Crippen molar-refractivity contribution < 1.29 is 19.8 Å². The average molecular weight is 303 g/mol. The van der Waals surface area contributed by atoms with Crippen molar-refractivity contribution in [3.63, 3.8) is 0 Å². The molecule has 2 aliphatic rings. The van der Waals surface area contributed by atoms with Crippen LogP contribution in [0.15, 0.2) is 30.3 Å². The smallest absolute Gasteiger partial charge is 0.307 e. The summed E-state index contributed by atoms with van der Waals surface area (Å²) in [5.41, 5.74) is 0.858. The molecule has 1 aliphatic heterocycles. The van der Waals surface area contributed by atoms with Crippen LogP contribution in [0.25, 0.3) is 0 Å². The Labute approximate surface area is 129 Å². The quantitative estimate of drug-likeness (QED) is 0.870. The second kappa shape index (κ2) is 6.08. The van der Waals surface area contributed by atoms with Crippen LogP contribution < -0.4 is 0 Å². The van der Waals surface area contributed by atoms with E-state index in [1.54, 1.807) is 4.90 Å². The van der Waals surface area contributed by atoms with Crippen LogP contribution in [0.2, 0.25) is 0 Å². The maximum atomic E-state index is 12.4. The Morgan fingerprint density at radius 1 is 1.23 bits per heavy atom. The van der Waals surface area contributed by atoms with E-state index in [1.165, 1.54) is 0 Å². The van der Waals surface area contributed by atoms with Crippen molar-refractivity contribution in [1.29, 1.82) is 0 Å². The Kier molecular flexibility index (Phi) is 4.16. The zero-order chi connectivity index (χ0) is 15.7. The monoisotopic (exact) mass is 303 g/mol. The lowest BCUT2D eigenvalue weighted by Gasteiger charge is -2.27. The molecular formula is C17H21NO4. The van der Waals surface area contributed by atoms with Gasteiger partial charge in [-0.3, -0.25) is 9.59 Å². The van der Waals surface area contributed by atoms with Crippen LogP contribution in [0.3, 0.4) is 0 Å². The van der Waals surface area contributed by atoms with Crippen molar-refractivity contribution in [2.75, 3.05) is 6.54 Å². The van der Waals surface area contributed by atoms with Gasteiger partial charge in [0.15, 0.2) is 0 Å². The molecule has 1 saturated carbocycles. The van der Waals surface area contributed by atoms with Crippen molar-refractivity contribution in [2.45, 2.75) is 37.8 Å². The lowest BCUT2D eigenvalue weighted by molar-refractivity contribution is -0.142. The highest BCUT2D eigenvalue weighted by atomic mass is 16.4. The molecule has 118 valence electrons. The van der Waals surface area contributed by atoms with E-state index in [2.05, 4.69) is 0 Å². The molecule has 0 unspecified atom stereocenters. The first-order valence-corrected chi connectivity index (χ1v) is 7.84. The molecule has 1 aromatic rings. The fourth-order valence-electron chi connectivity index (χ4n) is 3.39. The normalized spacial score (nSPS) is 28.4. The van der Waals surface area contributed by atoms with E-state index in [9.17, 15) is 14.7 Å². The largest absolute Gasteiger partial charge is 0.481 e. The Hall–Kier alpha value is -1.88. The molecule has 2 fully saturated rings. The molecule has 5 heteroatoms. The number of hydrogen-bond donors (Lipinski definition) is 2. The first kappa shape index (κ1) is 15.0. The van der Waals surface area contributed by atoms with Gasteiger partial charge < -0.3 is 15.1 Å². The summed E-state index contributed by atoms with van der Waals surface area (Å²) in [6, 6.07) is 9.45. The average Bonchev–Trinajstić information content (AvgIpc) is 3.21. The van der Waals surface area contributed by atoms with Gasteiger partial charge in [-0.05, 0) is 31.2 Å². The molecular weight excluding hydrogens is 282 g/mol. The highest BCUT2D eigenvalue weighted by molar-refractivity contribution is 5.89. The molecule has 0 radical (unpaired) electrons. The number of carbonyl (C=O) groups is 2. The van der Waals surface area contributed by atoms with Crippen LogP contribution in [-0.2, 0) is 9.59 Å². The number of aliphatic carboxylic acids is 1. The van der Waals surface area contributed by atoms with E-state index < -0.39 is 18.0 Å². The second-order valence-electron chi connectivity index (χ2n) is 6.28. The standard InChI is InChI=1S/C17H21NO4/c19-15(11-5-2-1-3-6-11)9-12-7-4-8-18(12)16(20)13-10-14(13)17(21)22/h1-3,5-6,12-15,19H,4,7-10H2,(H,21,22)/t12-,13+,14-,15-/m1/s1. The van der Waals surface area contributed by atoms with Gasteiger partial charge in [0, 0.05) is 12.6 Å². The third-order valence-electron chi connectivity index (χ3n) is 4.76. The van der Waals surface area contributed by atoms with Crippen molar-refractivity contribution in [3.05, 3.63) is 35.9 Å². The molecule has 1 aliphatic carbocycles. The van der Waals surface area contributed by atoms with Crippen LogP contribution in [0.4, 0.5) is 0 Å². The summed E-state index contributed by atoms with van der Waals surface area (Å²) in [6.45, 7) is 0.674. The van der Waals surface area contributed by atoms with E-state index in [0.717, 1.165) is 18.4 Å². The number of amides is 1. The Balaban J connectivity index is 1.61. The summed E-state index contributed by atoms with van der Waals surface area (Å²) >= 11 is 0. The number of carboxylic acids is 1. The van der Waals surface area contributed by atoms with Crippen molar-refractivity contribution >= 4 is 11.9 Å². The summed E-state index contributed by atoms with van der Waals surface area (Å²) in [7, 11) is 0. The number of carboxylic acid groups (broad SMARTS) is 1. The molecule has 4 atom stereocenters. The Morgan fingerprint density at radius 2 is 1.95 bits per heavy atom. The number of hydrogen-bond acceptors (Lipinski definition) is 3. The van der Waals surface area contributed by atoms with Gasteiger partial charge in [0.2, 0.25) is 5.91 Å². The van der Waals surface area contributed by atoms with E-state index in [0.29, 0.717) is 19.4 Å². The number of rotatable bonds is 5. The molecule has 1 heterocycles. The van der Waals surface area contributed by atoms with Gasteiger partial charge in [-0.1, -0.05) is 30.3 Å². The number of aliphatic hydroxyl groups is 1. The summed E-state index contributed by atoms with van der Waals surface area (Å²) in [5.74, 6) is -1.78. The SMILES string of the molecule is O=C(O)[C@@H]1C[C@@H]1C(=O)N1CCC[C@@H]1C[C@@H](O)c1ccccc1. The minimum Gasteiger partial charge on any atom is -0.481 e. The molecule has 0 bridgehead atoms. The molecule has 2 N–H and O–H groups in total. The summed E-state index contributed by atoms with van der Waals surface area (Å²) in [5, 5.41) is 19.3. The van der Waals surface area contributed by atoms with Gasteiger partial charge in [-0.25, -0.2) is 0 Å². The van der Waals surface area contributed by atoms with E-state index in [1.807, 2.05) is 30.3 Å². The summed E-state index contributed by atoms with van der Waals surface area (Å²) < 4.78 is 0. The third-order valence-corrected chi connectivity index (χ3v) is 4.76. The minimum atomic E-state index is -0.876. The van der Waals surface area contributed by atoms with Gasteiger partial charge in [0.05, 0.1) is 17.9 Å². The number of carbonyl (C=O) groups excluding carboxylic acids is 1. The highest BCUT2D eigenvalue weighted by Crippen LogP contribution is 2.42. The Morgan fingerprint density at radius 3 is 2.59 bits per heavy atom. The predicted octanol–water partition coefficient (Wildman–Crippen LogP) is 1.82. The zero-order valence-electron chi connectivity index (χ0n) is 12.4. The summed E-state index contributed by atoms with van der Waals surface area (Å²) in [4.78, 5) is 25.1. The number of benzene rings is 1. The van der Waals surface area contributed by atoms with Crippen LogP contribution in [0.5, 0.6) is 0 Å². The molecule has 0 spiro atoms. The van der Waals surface area contributed by atoms with Crippen LogP contribution in [0.1, 0.15) is 37.4 Å².